The smallest absolute Gasteiger partial charge is 0.0827 e. The molecular formula is C13H25NOS. The molecule has 1 saturated carbocycles. The molecule has 1 aliphatic heterocycles. The molecule has 0 bridgehead atoms. The van der Waals surface area contributed by atoms with Crippen molar-refractivity contribution in [1.82, 2.24) is 0 Å². The van der Waals surface area contributed by atoms with Gasteiger partial charge < -0.3 is 10.8 Å². The van der Waals surface area contributed by atoms with Crippen LogP contribution in [0.4, 0.5) is 0 Å². The van der Waals surface area contributed by atoms with Crippen molar-refractivity contribution in [2.24, 2.45) is 11.7 Å². The van der Waals surface area contributed by atoms with Crippen molar-refractivity contribution in [3.8, 4) is 0 Å². The molecule has 94 valence electrons. The first-order valence-electron chi connectivity index (χ1n) is 6.65. The molecule has 0 aromatic carbocycles. The third-order valence-corrected chi connectivity index (χ3v) is 5.64. The van der Waals surface area contributed by atoms with Gasteiger partial charge in [0, 0.05) is 5.54 Å². The summed E-state index contributed by atoms with van der Waals surface area (Å²) < 4.78 is 0. The van der Waals surface area contributed by atoms with E-state index in [0.717, 1.165) is 55.9 Å². The van der Waals surface area contributed by atoms with Gasteiger partial charge in [0.05, 0.1) is 5.60 Å². The summed E-state index contributed by atoms with van der Waals surface area (Å²) in [5, 5.41) is 10.9. The van der Waals surface area contributed by atoms with E-state index >= 15 is 0 Å². The van der Waals surface area contributed by atoms with E-state index in [0.29, 0.717) is 0 Å². The number of aliphatic hydroxyl groups is 1. The molecule has 2 nitrogen and oxygen atoms in total. The van der Waals surface area contributed by atoms with E-state index in [9.17, 15) is 5.11 Å². The predicted molar refractivity (Wildman–Crippen MR) is 70.7 cm³/mol. The van der Waals surface area contributed by atoms with Gasteiger partial charge in [0.25, 0.3) is 0 Å². The van der Waals surface area contributed by atoms with Crippen molar-refractivity contribution in [2.45, 2.75) is 63.0 Å². The maximum Gasteiger partial charge on any atom is 0.0827 e. The SMILES string of the molecule is CC1CCCC(O)(C2(N)CCSCC2)CC1. The van der Waals surface area contributed by atoms with Crippen LogP contribution in [0.3, 0.4) is 0 Å². The molecule has 2 atom stereocenters. The molecule has 0 radical (unpaired) electrons. The van der Waals surface area contributed by atoms with Crippen LogP contribution in [0.1, 0.15) is 51.9 Å². The Hall–Kier alpha value is 0.270. The van der Waals surface area contributed by atoms with Gasteiger partial charge in [-0.05, 0) is 49.5 Å². The summed E-state index contributed by atoms with van der Waals surface area (Å²) in [6.07, 6.45) is 7.35. The first-order valence-corrected chi connectivity index (χ1v) is 7.80. The zero-order valence-corrected chi connectivity index (χ0v) is 11.2. The largest absolute Gasteiger partial charge is 0.388 e. The van der Waals surface area contributed by atoms with E-state index in [4.69, 9.17) is 5.73 Å². The van der Waals surface area contributed by atoms with Gasteiger partial charge in [-0.25, -0.2) is 0 Å². The number of hydrogen-bond acceptors (Lipinski definition) is 3. The van der Waals surface area contributed by atoms with Crippen LogP contribution in [-0.4, -0.2) is 27.8 Å². The van der Waals surface area contributed by atoms with Crippen molar-refractivity contribution in [3.05, 3.63) is 0 Å². The van der Waals surface area contributed by atoms with Crippen LogP contribution in [0, 0.1) is 5.92 Å². The number of nitrogens with two attached hydrogens (primary N) is 1. The third-order valence-electron chi connectivity index (χ3n) is 4.65. The zero-order chi connectivity index (χ0) is 11.6. The molecule has 2 fully saturated rings. The highest BCUT2D eigenvalue weighted by Gasteiger charge is 2.47. The number of rotatable bonds is 1. The van der Waals surface area contributed by atoms with Crippen LogP contribution in [0.25, 0.3) is 0 Å². The molecule has 1 heterocycles. The normalized spacial score (nSPS) is 40.3. The average Bonchev–Trinajstić information content (AvgIpc) is 2.43. The number of hydrogen-bond donors (Lipinski definition) is 2. The maximum absolute atomic E-state index is 10.9. The molecule has 0 spiro atoms. The van der Waals surface area contributed by atoms with Crippen molar-refractivity contribution < 1.29 is 5.11 Å². The van der Waals surface area contributed by atoms with E-state index in [1.807, 2.05) is 11.8 Å². The fraction of sp³-hybridized carbons (Fsp3) is 1.00. The summed E-state index contributed by atoms with van der Waals surface area (Å²) in [5.74, 6) is 3.00. The van der Waals surface area contributed by atoms with Crippen molar-refractivity contribution >= 4 is 11.8 Å². The minimum atomic E-state index is -0.585. The molecule has 0 amide bonds. The van der Waals surface area contributed by atoms with E-state index in [1.54, 1.807) is 0 Å². The standard InChI is InChI=1S/C13H25NOS/c1-11-3-2-5-13(15,6-4-11)12(14)7-9-16-10-8-12/h11,15H,2-10,14H2,1H3. The van der Waals surface area contributed by atoms with Crippen LogP contribution in [0.2, 0.25) is 0 Å². The second kappa shape index (κ2) is 4.87. The molecule has 2 aliphatic rings. The van der Waals surface area contributed by atoms with Crippen molar-refractivity contribution in [2.75, 3.05) is 11.5 Å². The second-order valence-corrected chi connectivity index (χ2v) is 7.06. The lowest BCUT2D eigenvalue weighted by Gasteiger charge is -2.47. The van der Waals surface area contributed by atoms with Crippen LogP contribution >= 0.6 is 11.8 Å². The Labute approximate surface area is 103 Å². The minimum absolute atomic E-state index is 0.303. The molecular weight excluding hydrogens is 218 g/mol. The second-order valence-electron chi connectivity index (χ2n) is 5.84. The van der Waals surface area contributed by atoms with Gasteiger partial charge >= 0.3 is 0 Å². The number of thioether (sulfide) groups is 1. The van der Waals surface area contributed by atoms with E-state index < -0.39 is 5.60 Å². The highest BCUT2D eigenvalue weighted by Crippen LogP contribution is 2.42. The van der Waals surface area contributed by atoms with Crippen molar-refractivity contribution in [1.29, 1.82) is 0 Å². The Morgan fingerprint density at radius 1 is 1.12 bits per heavy atom. The fourth-order valence-electron chi connectivity index (χ4n) is 3.20. The lowest BCUT2D eigenvalue weighted by molar-refractivity contribution is -0.0530. The third kappa shape index (κ3) is 2.41. The van der Waals surface area contributed by atoms with E-state index in [2.05, 4.69) is 6.92 Å². The van der Waals surface area contributed by atoms with E-state index in [-0.39, 0.29) is 5.54 Å². The molecule has 0 aromatic heterocycles. The first-order chi connectivity index (χ1) is 7.56. The summed E-state index contributed by atoms with van der Waals surface area (Å²) in [5.41, 5.74) is 5.63. The molecule has 1 saturated heterocycles. The molecule has 3 N–H and O–H groups in total. The van der Waals surface area contributed by atoms with Crippen LogP contribution in [0.5, 0.6) is 0 Å². The Bertz CT molecular complexity index is 240. The molecule has 1 aliphatic carbocycles. The molecule has 16 heavy (non-hydrogen) atoms. The molecule has 2 unspecified atom stereocenters. The van der Waals surface area contributed by atoms with Crippen molar-refractivity contribution in [3.63, 3.8) is 0 Å². The highest BCUT2D eigenvalue weighted by atomic mass is 32.2. The highest BCUT2D eigenvalue weighted by molar-refractivity contribution is 7.99. The van der Waals surface area contributed by atoms with Crippen LogP contribution < -0.4 is 5.73 Å². The summed E-state index contributed by atoms with van der Waals surface area (Å²) in [6, 6.07) is 0. The summed E-state index contributed by atoms with van der Waals surface area (Å²) >= 11 is 1.97. The summed E-state index contributed by atoms with van der Waals surface area (Å²) in [7, 11) is 0. The Morgan fingerprint density at radius 3 is 2.50 bits per heavy atom. The Morgan fingerprint density at radius 2 is 1.81 bits per heavy atom. The zero-order valence-electron chi connectivity index (χ0n) is 10.4. The van der Waals surface area contributed by atoms with Gasteiger partial charge in [-0.3, -0.25) is 0 Å². The predicted octanol–water partition coefficient (Wildman–Crippen LogP) is 2.54. The topological polar surface area (TPSA) is 46.2 Å². The monoisotopic (exact) mass is 243 g/mol. The Balaban J connectivity index is 2.09. The van der Waals surface area contributed by atoms with Gasteiger partial charge in [-0.1, -0.05) is 19.8 Å². The van der Waals surface area contributed by atoms with Gasteiger partial charge in [0.2, 0.25) is 0 Å². The van der Waals surface area contributed by atoms with E-state index in [1.165, 1.54) is 6.42 Å². The van der Waals surface area contributed by atoms with Crippen LogP contribution in [-0.2, 0) is 0 Å². The average molecular weight is 243 g/mol. The van der Waals surface area contributed by atoms with Gasteiger partial charge in [0.15, 0.2) is 0 Å². The van der Waals surface area contributed by atoms with Gasteiger partial charge in [0.1, 0.15) is 0 Å². The molecule has 3 heteroatoms. The Kier molecular flexibility index (Phi) is 3.87. The minimum Gasteiger partial charge on any atom is -0.388 e. The van der Waals surface area contributed by atoms with Gasteiger partial charge in [-0.15, -0.1) is 0 Å². The fourth-order valence-corrected chi connectivity index (χ4v) is 4.42. The molecule has 2 rings (SSSR count). The quantitative estimate of drug-likeness (QED) is 0.696. The summed E-state index contributed by atoms with van der Waals surface area (Å²) in [4.78, 5) is 0. The lowest BCUT2D eigenvalue weighted by Crippen LogP contribution is -2.62. The van der Waals surface area contributed by atoms with Crippen LogP contribution in [0.15, 0.2) is 0 Å². The lowest BCUT2D eigenvalue weighted by atomic mass is 9.71. The first kappa shape index (κ1) is 12.7. The van der Waals surface area contributed by atoms with Gasteiger partial charge in [-0.2, -0.15) is 11.8 Å². The summed E-state index contributed by atoms with van der Waals surface area (Å²) in [6.45, 7) is 2.30. The maximum atomic E-state index is 10.9. The molecule has 0 aromatic rings.